The molecule has 0 aromatic heterocycles. The molecule has 2 heterocycles. The quantitative estimate of drug-likeness (QED) is 0.788. The molecule has 2 aliphatic heterocycles. The van der Waals surface area contributed by atoms with Gasteiger partial charge in [-0.1, -0.05) is 0 Å². The van der Waals surface area contributed by atoms with E-state index in [1.807, 2.05) is 9.80 Å². The zero-order chi connectivity index (χ0) is 14.9. The minimum Gasteiger partial charge on any atom is -0.342 e. The van der Waals surface area contributed by atoms with E-state index in [0.717, 1.165) is 51.9 Å². The molecular formula is C15H28Cl2N4O2. The lowest BCUT2D eigenvalue weighted by Gasteiger charge is -2.37. The number of carbonyl (C=O) groups is 2. The van der Waals surface area contributed by atoms with Gasteiger partial charge in [-0.2, -0.15) is 0 Å². The molecule has 2 N–H and O–H groups in total. The summed E-state index contributed by atoms with van der Waals surface area (Å²) >= 11 is 0. The summed E-state index contributed by atoms with van der Waals surface area (Å²) in [5.41, 5.74) is 5.40. The van der Waals surface area contributed by atoms with Gasteiger partial charge in [0.15, 0.2) is 0 Å². The summed E-state index contributed by atoms with van der Waals surface area (Å²) in [6.45, 7) is 5.27. The van der Waals surface area contributed by atoms with Crippen LogP contribution in [0.5, 0.6) is 0 Å². The summed E-state index contributed by atoms with van der Waals surface area (Å²) in [5, 5.41) is 0. The first-order chi connectivity index (χ1) is 10.1. The normalized spacial score (nSPS) is 23.5. The van der Waals surface area contributed by atoms with Crippen molar-refractivity contribution >= 4 is 36.6 Å². The van der Waals surface area contributed by atoms with Crippen molar-refractivity contribution in [2.75, 3.05) is 45.8 Å². The Morgan fingerprint density at radius 3 is 1.91 bits per heavy atom. The smallest absolute Gasteiger partial charge is 0.242 e. The van der Waals surface area contributed by atoms with Gasteiger partial charge in [0.05, 0.1) is 12.1 Å². The van der Waals surface area contributed by atoms with E-state index in [2.05, 4.69) is 4.90 Å². The Balaban J connectivity index is 0.00000132. The monoisotopic (exact) mass is 366 g/mol. The van der Waals surface area contributed by atoms with Gasteiger partial charge < -0.3 is 15.5 Å². The summed E-state index contributed by atoms with van der Waals surface area (Å²) in [4.78, 5) is 30.4. The predicted molar refractivity (Wildman–Crippen MR) is 94.1 cm³/mol. The number of rotatable bonds is 3. The molecule has 8 heteroatoms. The molecule has 0 aromatic carbocycles. The second-order valence-corrected chi connectivity index (χ2v) is 6.67. The fourth-order valence-electron chi connectivity index (χ4n) is 3.21. The molecule has 1 aliphatic carbocycles. The number of piperidine rings is 1. The van der Waals surface area contributed by atoms with Crippen LogP contribution in [-0.4, -0.2) is 77.9 Å². The molecule has 134 valence electrons. The summed E-state index contributed by atoms with van der Waals surface area (Å²) < 4.78 is 0. The lowest BCUT2D eigenvalue weighted by atomic mass is 10.1. The molecule has 0 spiro atoms. The molecule has 1 saturated carbocycles. The second kappa shape index (κ2) is 8.51. The topological polar surface area (TPSA) is 69.9 Å². The van der Waals surface area contributed by atoms with Crippen molar-refractivity contribution in [3.8, 4) is 0 Å². The molecule has 0 bridgehead atoms. The fourth-order valence-corrected chi connectivity index (χ4v) is 3.21. The summed E-state index contributed by atoms with van der Waals surface area (Å²) in [6.07, 6.45) is 5.14. The first kappa shape index (κ1) is 20.5. The van der Waals surface area contributed by atoms with Crippen molar-refractivity contribution in [3.63, 3.8) is 0 Å². The van der Waals surface area contributed by atoms with E-state index >= 15 is 0 Å². The highest BCUT2D eigenvalue weighted by molar-refractivity contribution is 5.89. The Morgan fingerprint density at radius 2 is 1.39 bits per heavy atom. The summed E-state index contributed by atoms with van der Waals surface area (Å²) in [6, 6.07) is 0. The van der Waals surface area contributed by atoms with Crippen molar-refractivity contribution < 1.29 is 9.59 Å². The first-order valence-corrected chi connectivity index (χ1v) is 8.17. The van der Waals surface area contributed by atoms with Gasteiger partial charge in [-0.15, -0.1) is 24.8 Å². The van der Waals surface area contributed by atoms with Crippen LogP contribution < -0.4 is 5.73 Å². The third-order valence-electron chi connectivity index (χ3n) is 4.94. The molecule has 0 radical (unpaired) electrons. The van der Waals surface area contributed by atoms with Crippen molar-refractivity contribution in [2.45, 2.75) is 37.6 Å². The van der Waals surface area contributed by atoms with Crippen LogP contribution in [0.15, 0.2) is 0 Å². The zero-order valence-electron chi connectivity index (χ0n) is 13.5. The van der Waals surface area contributed by atoms with E-state index in [1.54, 1.807) is 0 Å². The number of piperazine rings is 1. The predicted octanol–water partition coefficient (Wildman–Crippen LogP) is 0.478. The van der Waals surface area contributed by atoms with Crippen LogP contribution >= 0.6 is 24.8 Å². The lowest BCUT2D eigenvalue weighted by Crippen LogP contribution is -2.55. The van der Waals surface area contributed by atoms with Gasteiger partial charge in [0, 0.05) is 39.3 Å². The van der Waals surface area contributed by atoms with Crippen LogP contribution in [-0.2, 0) is 9.59 Å². The molecule has 3 rings (SSSR count). The van der Waals surface area contributed by atoms with Gasteiger partial charge in [0.2, 0.25) is 11.8 Å². The van der Waals surface area contributed by atoms with Crippen LogP contribution in [0.3, 0.4) is 0 Å². The molecule has 0 aromatic rings. The number of hydrogen-bond acceptors (Lipinski definition) is 4. The number of amides is 2. The van der Waals surface area contributed by atoms with Crippen LogP contribution in [0.2, 0.25) is 0 Å². The van der Waals surface area contributed by atoms with Gasteiger partial charge in [0.1, 0.15) is 0 Å². The van der Waals surface area contributed by atoms with Crippen LogP contribution in [0.4, 0.5) is 0 Å². The number of hydrogen-bond donors (Lipinski definition) is 1. The average molecular weight is 367 g/mol. The fraction of sp³-hybridized carbons (Fsp3) is 0.867. The third kappa shape index (κ3) is 4.95. The highest BCUT2D eigenvalue weighted by Gasteiger charge is 2.48. The Labute approximate surface area is 150 Å². The minimum absolute atomic E-state index is 0. The Bertz CT molecular complexity index is 418. The van der Waals surface area contributed by atoms with Crippen LogP contribution in [0.1, 0.15) is 32.1 Å². The van der Waals surface area contributed by atoms with Crippen molar-refractivity contribution in [1.82, 2.24) is 14.7 Å². The number of nitrogens with two attached hydrogens (primary N) is 1. The standard InChI is InChI=1S/C15H26N4O2.2ClH/c16-15(4-5-15)14(21)19-10-8-17(9-11-19)12-13(20)18-6-2-1-3-7-18;;/h1-12,16H2;2*1H. The maximum absolute atomic E-state index is 12.2. The zero-order valence-corrected chi connectivity index (χ0v) is 15.2. The molecule has 23 heavy (non-hydrogen) atoms. The van der Waals surface area contributed by atoms with E-state index in [4.69, 9.17) is 5.73 Å². The molecule has 2 amide bonds. The number of nitrogens with zero attached hydrogens (tertiary/aromatic N) is 3. The van der Waals surface area contributed by atoms with E-state index in [0.29, 0.717) is 19.6 Å². The van der Waals surface area contributed by atoms with Crippen molar-refractivity contribution in [3.05, 3.63) is 0 Å². The molecule has 3 aliphatic rings. The molecule has 2 saturated heterocycles. The Kier molecular flexibility index (Phi) is 7.58. The highest BCUT2D eigenvalue weighted by Crippen LogP contribution is 2.34. The first-order valence-electron chi connectivity index (χ1n) is 8.17. The third-order valence-corrected chi connectivity index (χ3v) is 4.94. The molecule has 0 unspecified atom stereocenters. The van der Waals surface area contributed by atoms with E-state index in [1.165, 1.54) is 6.42 Å². The van der Waals surface area contributed by atoms with Gasteiger partial charge >= 0.3 is 0 Å². The van der Waals surface area contributed by atoms with Crippen molar-refractivity contribution in [2.24, 2.45) is 5.73 Å². The van der Waals surface area contributed by atoms with Gasteiger partial charge in [-0.25, -0.2) is 0 Å². The van der Waals surface area contributed by atoms with Crippen LogP contribution in [0, 0.1) is 0 Å². The van der Waals surface area contributed by atoms with E-state index in [-0.39, 0.29) is 36.6 Å². The summed E-state index contributed by atoms with van der Waals surface area (Å²) in [7, 11) is 0. The second-order valence-electron chi connectivity index (χ2n) is 6.67. The molecule has 6 nitrogen and oxygen atoms in total. The molecular weight excluding hydrogens is 339 g/mol. The SMILES string of the molecule is Cl.Cl.NC1(C(=O)N2CCN(CC(=O)N3CCCCC3)CC2)CC1. The average Bonchev–Trinajstić information content (AvgIpc) is 3.27. The van der Waals surface area contributed by atoms with E-state index in [9.17, 15) is 9.59 Å². The maximum atomic E-state index is 12.2. The molecule has 3 fully saturated rings. The van der Waals surface area contributed by atoms with Crippen LogP contribution in [0.25, 0.3) is 0 Å². The summed E-state index contributed by atoms with van der Waals surface area (Å²) in [5.74, 6) is 0.344. The van der Waals surface area contributed by atoms with Gasteiger partial charge in [-0.05, 0) is 32.1 Å². The van der Waals surface area contributed by atoms with Gasteiger partial charge in [-0.3, -0.25) is 14.5 Å². The lowest BCUT2D eigenvalue weighted by molar-refractivity contribution is -0.137. The van der Waals surface area contributed by atoms with E-state index < -0.39 is 5.54 Å². The van der Waals surface area contributed by atoms with Gasteiger partial charge in [0.25, 0.3) is 0 Å². The maximum Gasteiger partial charge on any atom is 0.242 e. The minimum atomic E-state index is -0.564. The Morgan fingerprint density at radius 1 is 0.826 bits per heavy atom. The number of carbonyl (C=O) groups excluding carboxylic acids is 2. The highest BCUT2D eigenvalue weighted by atomic mass is 35.5. The molecule has 0 atom stereocenters. The Hall–Kier alpha value is -0.560. The van der Waals surface area contributed by atoms with Crippen molar-refractivity contribution in [1.29, 1.82) is 0 Å². The number of likely N-dealkylation sites (tertiary alicyclic amines) is 1. The number of halogens is 2. The largest absolute Gasteiger partial charge is 0.342 e.